The van der Waals surface area contributed by atoms with Crippen molar-refractivity contribution in [3.8, 4) is 11.5 Å². The summed E-state index contributed by atoms with van der Waals surface area (Å²) in [6.45, 7) is 0. The van der Waals surface area contributed by atoms with Crippen molar-refractivity contribution in [2.45, 2.75) is 5.92 Å². The molecule has 6 heteroatoms. The molecule has 0 fully saturated rings. The van der Waals surface area contributed by atoms with Gasteiger partial charge in [-0.2, -0.15) is 10.2 Å². The molecule has 0 heterocycles. The zero-order valence-corrected chi connectivity index (χ0v) is 24.2. The second kappa shape index (κ2) is 12.2. The van der Waals surface area contributed by atoms with Gasteiger partial charge in [-0.3, -0.25) is 0 Å². The molecule has 0 aromatic heterocycles. The van der Waals surface area contributed by atoms with Crippen molar-refractivity contribution in [1.29, 1.82) is 0 Å². The SMILES string of the molecule is Oc1ccc2ccccc2c1N=Nc1ccc(C(c2ccccc2)c2ccc(N=Nc3c(O)ccc4ccccc34)cc2)cc1. The molecule has 0 unspecified atom stereocenters. The Balaban J connectivity index is 1.17. The minimum Gasteiger partial charge on any atom is -0.506 e. The van der Waals surface area contributed by atoms with E-state index in [1.807, 2.05) is 103 Å². The number of phenolic OH excluding ortho intramolecular Hbond substituents is 2. The van der Waals surface area contributed by atoms with Gasteiger partial charge in [-0.25, -0.2) is 0 Å². The Bertz CT molecular complexity index is 2040. The second-order valence-corrected chi connectivity index (χ2v) is 10.7. The van der Waals surface area contributed by atoms with Gasteiger partial charge >= 0.3 is 0 Å². The van der Waals surface area contributed by atoms with Crippen LogP contribution in [-0.2, 0) is 0 Å². The first-order valence-corrected chi connectivity index (χ1v) is 14.6. The van der Waals surface area contributed by atoms with E-state index in [4.69, 9.17) is 0 Å². The summed E-state index contributed by atoms with van der Waals surface area (Å²) in [5.41, 5.74) is 5.63. The summed E-state index contributed by atoms with van der Waals surface area (Å²) in [6.07, 6.45) is 0. The van der Waals surface area contributed by atoms with Crippen LogP contribution in [0, 0.1) is 0 Å². The van der Waals surface area contributed by atoms with E-state index in [-0.39, 0.29) is 17.4 Å². The van der Waals surface area contributed by atoms with Crippen molar-refractivity contribution in [2.24, 2.45) is 20.5 Å². The molecule has 0 radical (unpaired) electrons. The van der Waals surface area contributed by atoms with E-state index in [0.29, 0.717) is 22.7 Å². The molecule has 7 rings (SSSR count). The second-order valence-electron chi connectivity index (χ2n) is 10.7. The molecule has 0 aliphatic rings. The molecular weight excluding hydrogens is 556 g/mol. The highest BCUT2D eigenvalue weighted by Gasteiger charge is 2.17. The van der Waals surface area contributed by atoms with Gasteiger partial charge in [0.15, 0.2) is 0 Å². The number of benzene rings is 7. The van der Waals surface area contributed by atoms with E-state index in [1.165, 1.54) is 0 Å². The lowest BCUT2D eigenvalue weighted by molar-refractivity contribution is 0.476. The summed E-state index contributed by atoms with van der Waals surface area (Å²) in [5.74, 6) is 0.164. The Kier molecular flexibility index (Phi) is 7.52. The van der Waals surface area contributed by atoms with Crippen molar-refractivity contribution < 1.29 is 10.2 Å². The van der Waals surface area contributed by atoms with Gasteiger partial charge in [0, 0.05) is 16.7 Å². The van der Waals surface area contributed by atoms with Crippen LogP contribution in [0.4, 0.5) is 22.7 Å². The third-order valence-electron chi connectivity index (χ3n) is 7.88. The highest BCUT2D eigenvalue weighted by atomic mass is 16.3. The molecule has 45 heavy (non-hydrogen) atoms. The molecule has 7 aromatic carbocycles. The lowest BCUT2D eigenvalue weighted by Crippen LogP contribution is -2.02. The Hall–Kier alpha value is -6.14. The lowest BCUT2D eigenvalue weighted by Gasteiger charge is -2.19. The summed E-state index contributed by atoms with van der Waals surface area (Å²) in [7, 11) is 0. The molecule has 0 saturated heterocycles. The first-order valence-electron chi connectivity index (χ1n) is 14.6. The fraction of sp³-hybridized carbons (Fsp3) is 0.0256. The van der Waals surface area contributed by atoms with Crippen LogP contribution in [0.3, 0.4) is 0 Å². The maximum Gasteiger partial charge on any atom is 0.143 e. The maximum atomic E-state index is 10.4. The molecule has 0 bridgehead atoms. The largest absolute Gasteiger partial charge is 0.506 e. The molecule has 216 valence electrons. The van der Waals surface area contributed by atoms with Crippen LogP contribution in [0.5, 0.6) is 11.5 Å². The third-order valence-corrected chi connectivity index (χ3v) is 7.88. The number of fused-ring (bicyclic) bond motifs is 2. The molecular formula is C39H28N4O2. The summed E-state index contributed by atoms with van der Waals surface area (Å²) in [4.78, 5) is 0. The fourth-order valence-electron chi connectivity index (χ4n) is 5.60. The predicted molar refractivity (Wildman–Crippen MR) is 180 cm³/mol. The van der Waals surface area contributed by atoms with Crippen LogP contribution in [0.15, 0.2) is 172 Å². The number of hydrogen-bond donors (Lipinski definition) is 2. The van der Waals surface area contributed by atoms with Crippen molar-refractivity contribution in [2.75, 3.05) is 0 Å². The highest BCUT2D eigenvalue weighted by Crippen LogP contribution is 2.38. The van der Waals surface area contributed by atoms with Crippen molar-refractivity contribution in [3.05, 3.63) is 168 Å². The lowest BCUT2D eigenvalue weighted by atomic mass is 9.85. The van der Waals surface area contributed by atoms with E-state index in [2.05, 4.69) is 56.9 Å². The van der Waals surface area contributed by atoms with Crippen LogP contribution in [0.1, 0.15) is 22.6 Å². The first kappa shape index (κ1) is 27.7. The normalized spacial score (nSPS) is 12.4. The average molecular weight is 585 g/mol. The van der Waals surface area contributed by atoms with Crippen molar-refractivity contribution in [1.82, 2.24) is 0 Å². The molecule has 6 nitrogen and oxygen atoms in total. The standard InChI is InChI=1S/C39H28N4O2/c44-35-24-18-26-8-4-6-12-33(26)38(35)42-40-31-20-14-29(15-21-31)37(28-10-2-1-3-11-28)30-16-22-32(23-17-30)41-43-39-34-13-7-5-9-27(34)19-25-36(39)45/h1-25,37,44-45H. The molecule has 2 N–H and O–H groups in total. The Morgan fingerprint density at radius 2 is 0.756 bits per heavy atom. The van der Waals surface area contributed by atoms with E-state index in [0.717, 1.165) is 38.2 Å². The van der Waals surface area contributed by atoms with Crippen LogP contribution in [0.2, 0.25) is 0 Å². The van der Waals surface area contributed by atoms with Gasteiger partial charge in [0.2, 0.25) is 0 Å². The van der Waals surface area contributed by atoms with E-state index < -0.39 is 0 Å². The van der Waals surface area contributed by atoms with Crippen LogP contribution < -0.4 is 0 Å². The number of nitrogens with zero attached hydrogens (tertiary/aromatic N) is 4. The van der Waals surface area contributed by atoms with Crippen molar-refractivity contribution in [3.63, 3.8) is 0 Å². The number of phenols is 2. The van der Waals surface area contributed by atoms with Gasteiger partial charge in [-0.15, -0.1) is 10.2 Å². The van der Waals surface area contributed by atoms with Crippen LogP contribution in [-0.4, -0.2) is 10.2 Å². The van der Waals surface area contributed by atoms with E-state index in [9.17, 15) is 10.2 Å². The van der Waals surface area contributed by atoms with Crippen LogP contribution in [0.25, 0.3) is 21.5 Å². The summed E-state index contributed by atoms with van der Waals surface area (Å²) >= 11 is 0. The zero-order chi connectivity index (χ0) is 30.6. The number of rotatable bonds is 7. The fourth-order valence-corrected chi connectivity index (χ4v) is 5.60. The maximum absolute atomic E-state index is 10.4. The zero-order valence-electron chi connectivity index (χ0n) is 24.2. The highest BCUT2D eigenvalue weighted by molar-refractivity contribution is 5.96. The topological polar surface area (TPSA) is 89.9 Å². The summed E-state index contributed by atoms with van der Waals surface area (Å²) in [5, 5.41) is 42.3. The quantitative estimate of drug-likeness (QED) is 0.144. The monoisotopic (exact) mass is 584 g/mol. The average Bonchev–Trinajstić information content (AvgIpc) is 3.09. The summed E-state index contributed by atoms with van der Waals surface area (Å²) in [6, 6.07) is 49.0. The van der Waals surface area contributed by atoms with Gasteiger partial charge in [0.25, 0.3) is 0 Å². The molecule has 0 aliphatic heterocycles. The third kappa shape index (κ3) is 5.77. The molecule has 0 saturated carbocycles. The number of hydrogen-bond acceptors (Lipinski definition) is 6. The van der Waals surface area contributed by atoms with E-state index in [1.54, 1.807) is 12.1 Å². The number of azo groups is 2. The smallest absolute Gasteiger partial charge is 0.143 e. The Labute approximate surface area is 260 Å². The molecule has 0 atom stereocenters. The Morgan fingerprint density at radius 3 is 1.22 bits per heavy atom. The molecule has 0 amide bonds. The molecule has 0 aliphatic carbocycles. The molecule has 7 aromatic rings. The minimum atomic E-state index is -0.0209. The van der Waals surface area contributed by atoms with Crippen molar-refractivity contribution >= 4 is 44.3 Å². The van der Waals surface area contributed by atoms with Gasteiger partial charge in [0.05, 0.1) is 11.4 Å². The van der Waals surface area contributed by atoms with E-state index >= 15 is 0 Å². The number of aromatic hydroxyl groups is 2. The van der Waals surface area contributed by atoms with Gasteiger partial charge in [-0.05, 0) is 63.9 Å². The van der Waals surface area contributed by atoms with Gasteiger partial charge in [-0.1, -0.05) is 115 Å². The first-order chi connectivity index (χ1) is 22.1. The predicted octanol–water partition coefficient (Wildman–Crippen LogP) is 11.4. The molecule has 0 spiro atoms. The van der Waals surface area contributed by atoms with Gasteiger partial charge < -0.3 is 10.2 Å². The van der Waals surface area contributed by atoms with Gasteiger partial charge in [0.1, 0.15) is 22.9 Å². The Morgan fingerprint density at radius 1 is 0.356 bits per heavy atom. The summed E-state index contributed by atoms with van der Waals surface area (Å²) < 4.78 is 0. The van der Waals surface area contributed by atoms with Crippen LogP contribution >= 0.6 is 0 Å². The minimum absolute atomic E-state index is 0.0209.